The van der Waals surface area contributed by atoms with E-state index in [0.29, 0.717) is 47.1 Å². The number of halogens is 5. The van der Waals surface area contributed by atoms with Crippen LogP contribution in [0, 0.1) is 0 Å². The van der Waals surface area contributed by atoms with Crippen molar-refractivity contribution in [2.75, 3.05) is 19.6 Å². The van der Waals surface area contributed by atoms with E-state index < -0.39 is 23.2 Å². The van der Waals surface area contributed by atoms with Gasteiger partial charge in [-0.05, 0) is 74.0 Å². The van der Waals surface area contributed by atoms with Crippen molar-refractivity contribution in [2.45, 2.75) is 61.7 Å². The van der Waals surface area contributed by atoms with Gasteiger partial charge < -0.3 is 15.5 Å². The van der Waals surface area contributed by atoms with E-state index in [-0.39, 0.29) is 23.8 Å². The van der Waals surface area contributed by atoms with Gasteiger partial charge in [0.05, 0.1) is 11.0 Å². The quantitative estimate of drug-likeness (QED) is 0.521. The first-order valence-electron chi connectivity index (χ1n) is 12.5. The van der Waals surface area contributed by atoms with Gasteiger partial charge in [0.2, 0.25) is 11.8 Å². The third-order valence-corrected chi connectivity index (χ3v) is 8.50. The third-order valence-electron chi connectivity index (χ3n) is 7.95. The topological polar surface area (TPSA) is 61.4 Å². The zero-order chi connectivity index (χ0) is 26.4. The van der Waals surface area contributed by atoms with Gasteiger partial charge in [-0.2, -0.15) is 13.2 Å². The van der Waals surface area contributed by atoms with Crippen LogP contribution in [0.5, 0.6) is 0 Å². The maximum Gasteiger partial charge on any atom is 0.416 e. The molecular weight excluding hydrogens is 526 g/mol. The Morgan fingerprint density at radius 2 is 1.78 bits per heavy atom. The minimum atomic E-state index is -4.45. The summed E-state index contributed by atoms with van der Waals surface area (Å²) in [6.45, 7) is 2.04. The van der Waals surface area contributed by atoms with Crippen molar-refractivity contribution >= 4 is 35.0 Å². The Hall–Kier alpha value is -2.29. The molecule has 3 aliphatic rings. The summed E-state index contributed by atoms with van der Waals surface area (Å²) >= 11 is 12.4. The lowest BCUT2D eigenvalue weighted by molar-refractivity contribution is -0.137. The predicted molar refractivity (Wildman–Crippen MR) is 136 cm³/mol. The second kappa shape index (κ2) is 9.79. The minimum Gasteiger partial charge on any atom is -0.343 e. The van der Waals surface area contributed by atoms with Crippen LogP contribution in [0.15, 0.2) is 42.5 Å². The molecule has 5 rings (SSSR count). The highest BCUT2D eigenvalue weighted by Gasteiger charge is 2.53. The highest BCUT2D eigenvalue weighted by Crippen LogP contribution is 2.51. The van der Waals surface area contributed by atoms with Crippen LogP contribution in [0.3, 0.4) is 0 Å². The average molecular weight is 554 g/mol. The van der Waals surface area contributed by atoms with Gasteiger partial charge in [0.25, 0.3) is 0 Å². The monoisotopic (exact) mass is 553 g/mol. The van der Waals surface area contributed by atoms with Gasteiger partial charge in [-0.25, -0.2) is 0 Å². The molecule has 2 amide bonds. The third kappa shape index (κ3) is 5.33. The van der Waals surface area contributed by atoms with Crippen molar-refractivity contribution < 1.29 is 22.8 Å². The number of nitrogens with zero attached hydrogens (tertiary/aromatic N) is 1. The normalized spacial score (nSPS) is 23.3. The van der Waals surface area contributed by atoms with E-state index in [4.69, 9.17) is 23.2 Å². The Bertz CT molecular complexity index is 1190. The number of likely N-dealkylation sites (tertiary alicyclic amines) is 1. The molecule has 2 heterocycles. The molecule has 0 aromatic heterocycles. The van der Waals surface area contributed by atoms with Gasteiger partial charge in [0.15, 0.2) is 0 Å². The molecule has 3 fully saturated rings. The smallest absolute Gasteiger partial charge is 0.343 e. The predicted octanol–water partition coefficient (Wildman–Crippen LogP) is 5.13. The summed E-state index contributed by atoms with van der Waals surface area (Å²) in [6.07, 6.45) is -0.316. The molecule has 2 aliphatic heterocycles. The Kier molecular flexibility index (Phi) is 6.96. The molecule has 1 aliphatic carbocycles. The van der Waals surface area contributed by atoms with Crippen LogP contribution in [0.1, 0.15) is 48.8 Å². The number of rotatable bonds is 6. The number of alkyl halides is 3. The lowest BCUT2D eigenvalue weighted by Crippen LogP contribution is -2.53. The summed E-state index contributed by atoms with van der Waals surface area (Å²) < 4.78 is 39.1. The highest BCUT2D eigenvalue weighted by molar-refractivity contribution is 6.35. The molecule has 37 heavy (non-hydrogen) atoms. The van der Waals surface area contributed by atoms with Gasteiger partial charge in [-0.3, -0.25) is 9.59 Å². The number of benzene rings is 2. The van der Waals surface area contributed by atoms with E-state index in [1.807, 2.05) is 0 Å². The second-order valence-corrected chi connectivity index (χ2v) is 11.3. The number of nitrogens with one attached hydrogen (secondary N) is 2. The van der Waals surface area contributed by atoms with Crippen LogP contribution >= 0.6 is 23.2 Å². The average Bonchev–Trinajstić information content (AvgIpc) is 3.34. The molecule has 1 unspecified atom stereocenters. The number of hydrogen-bond donors (Lipinski definition) is 2. The fourth-order valence-corrected chi connectivity index (χ4v) is 6.27. The van der Waals surface area contributed by atoms with Crippen molar-refractivity contribution in [3.63, 3.8) is 0 Å². The Balaban J connectivity index is 1.38. The first kappa shape index (κ1) is 26.3. The first-order valence-corrected chi connectivity index (χ1v) is 13.2. The Labute approximate surface area is 223 Å². The molecule has 5 nitrogen and oxygen atoms in total. The van der Waals surface area contributed by atoms with Crippen LogP contribution in [0.25, 0.3) is 0 Å². The van der Waals surface area contributed by atoms with E-state index in [1.165, 1.54) is 12.1 Å². The molecule has 2 aromatic rings. The van der Waals surface area contributed by atoms with Crippen molar-refractivity contribution in [1.29, 1.82) is 0 Å². The molecule has 1 saturated carbocycles. The molecule has 0 radical (unpaired) electrons. The molecule has 2 saturated heterocycles. The van der Waals surface area contributed by atoms with Gasteiger partial charge in [-0.15, -0.1) is 0 Å². The summed E-state index contributed by atoms with van der Waals surface area (Å²) in [4.78, 5) is 29.1. The Morgan fingerprint density at radius 3 is 2.38 bits per heavy atom. The summed E-state index contributed by atoms with van der Waals surface area (Å²) in [5.74, 6) is -0.535. The Morgan fingerprint density at radius 1 is 1.05 bits per heavy atom. The number of amides is 2. The maximum atomic E-state index is 13.7. The van der Waals surface area contributed by atoms with Crippen molar-refractivity contribution in [3.05, 3.63) is 69.2 Å². The van der Waals surface area contributed by atoms with Crippen LogP contribution in [-0.2, 0) is 27.6 Å². The van der Waals surface area contributed by atoms with E-state index >= 15 is 0 Å². The number of carbonyl (C=O) groups is 2. The first-order chi connectivity index (χ1) is 17.5. The lowest BCUT2D eigenvalue weighted by atomic mass is 9.93. The van der Waals surface area contributed by atoms with E-state index in [2.05, 4.69) is 10.6 Å². The maximum absolute atomic E-state index is 13.7. The molecule has 2 aromatic carbocycles. The molecule has 2 N–H and O–H groups in total. The van der Waals surface area contributed by atoms with Crippen molar-refractivity contribution in [3.8, 4) is 0 Å². The summed E-state index contributed by atoms with van der Waals surface area (Å²) in [6, 6.07) is 8.83. The van der Waals surface area contributed by atoms with Crippen molar-refractivity contribution in [2.24, 2.45) is 0 Å². The van der Waals surface area contributed by atoms with Crippen LogP contribution < -0.4 is 10.6 Å². The van der Waals surface area contributed by atoms with Gasteiger partial charge >= 0.3 is 6.18 Å². The van der Waals surface area contributed by atoms with E-state index in [0.717, 1.165) is 37.9 Å². The van der Waals surface area contributed by atoms with Gasteiger partial charge in [0.1, 0.15) is 6.04 Å². The zero-order valence-corrected chi connectivity index (χ0v) is 21.6. The van der Waals surface area contributed by atoms with Gasteiger partial charge in [-0.1, -0.05) is 41.4 Å². The minimum absolute atomic E-state index is 0.0874. The molecule has 1 spiro atoms. The molecule has 198 valence electrons. The van der Waals surface area contributed by atoms with E-state index in [1.54, 1.807) is 23.1 Å². The lowest BCUT2D eigenvalue weighted by Gasteiger charge is -2.29. The largest absolute Gasteiger partial charge is 0.416 e. The standard InChI is InChI=1S/C27H28Cl2F3N3O2/c28-19-6-7-20(21(29)15-19)26(9-10-26)24(37)34-22(14-17-2-4-18(5-3-17)27(30,31)32)23(36)35-13-11-25(16-35)8-1-12-33-25/h2-7,15,22,33H,1,8-14,16H2,(H,34,37)/t22-,25?/m0/s1. The molecular formula is C27H28Cl2F3N3O2. The molecule has 0 bridgehead atoms. The fourth-order valence-electron chi connectivity index (χ4n) is 5.68. The SMILES string of the molecule is O=C([C@H](Cc1ccc(C(F)(F)F)cc1)NC(=O)C1(c2ccc(Cl)cc2Cl)CC1)N1CCC2(CCCN2)C1. The molecule has 2 atom stereocenters. The molecule has 10 heteroatoms. The fraction of sp³-hybridized carbons (Fsp3) is 0.481. The second-order valence-electron chi connectivity index (χ2n) is 10.5. The van der Waals surface area contributed by atoms with Crippen molar-refractivity contribution in [1.82, 2.24) is 15.5 Å². The zero-order valence-electron chi connectivity index (χ0n) is 20.1. The van der Waals surface area contributed by atoms with Crippen LogP contribution in [-0.4, -0.2) is 47.9 Å². The number of hydrogen-bond acceptors (Lipinski definition) is 3. The summed E-state index contributed by atoms with van der Waals surface area (Å²) in [7, 11) is 0. The van der Waals surface area contributed by atoms with Gasteiger partial charge in [0, 0.05) is 35.1 Å². The summed E-state index contributed by atoms with van der Waals surface area (Å²) in [5, 5.41) is 7.31. The highest BCUT2D eigenvalue weighted by atomic mass is 35.5. The van der Waals surface area contributed by atoms with E-state index in [9.17, 15) is 22.8 Å². The number of carbonyl (C=O) groups excluding carboxylic acids is 2. The van der Waals surface area contributed by atoms with Crippen LogP contribution in [0.4, 0.5) is 13.2 Å². The summed E-state index contributed by atoms with van der Waals surface area (Å²) in [5.41, 5.74) is -0.501. The van der Waals surface area contributed by atoms with Crippen LogP contribution in [0.2, 0.25) is 10.0 Å².